The van der Waals surface area contributed by atoms with Gasteiger partial charge in [-0.1, -0.05) is 39.0 Å². The molecule has 3 N–H and O–H groups in total. The highest BCUT2D eigenvalue weighted by Gasteiger charge is 2.33. The molecule has 1 aliphatic rings. The number of carbonyl (C=O) groups excluding carboxylic acids is 2. The zero-order valence-corrected chi connectivity index (χ0v) is 23.7. The first-order chi connectivity index (χ1) is 19.5. The third-order valence-corrected chi connectivity index (χ3v) is 7.16. The molecule has 1 aliphatic heterocycles. The van der Waals surface area contributed by atoms with Crippen molar-refractivity contribution in [2.45, 2.75) is 32.4 Å². The van der Waals surface area contributed by atoms with Gasteiger partial charge in [0.1, 0.15) is 5.82 Å². The van der Waals surface area contributed by atoms with Gasteiger partial charge < -0.3 is 25.4 Å². The van der Waals surface area contributed by atoms with Gasteiger partial charge >= 0.3 is 0 Å². The first-order valence-corrected chi connectivity index (χ1v) is 13.3. The maximum absolute atomic E-state index is 15.9. The lowest BCUT2D eigenvalue weighted by molar-refractivity contribution is -0.131. The third kappa shape index (κ3) is 5.70. The predicted octanol–water partition coefficient (Wildman–Crippen LogP) is 5.91. The lowest BCUT2D eigenvalue weighted by Crippen LogP contribution is -2.52. The van der Waals surface area contributed by atoms with E-state index >= 15 is 4.39 Å². The van der Waals surface area contributed by atoms with Crippen molar-refractivity contribution in [2.24, 2.45) is 0 Å². The van der Waals surface area contributed by atoms with E-state index < -0.39 is 17.9 Å². The lowest BCUT2D eigenvalue weighted by atomic mass is 9.87. The van der Waals surface area contributed by atoms with Gasteiger partial charge in [-0.2, -0.15) is 0 Å². The molecule has 2 heterocycles. The molecular weight excluding hydrogens is 519 g/mol. The van der Waals surface area contributed by atoms with E-state index in [-0.39, 0.29) is 22.6 Å². The monoisotopic (exact) mass is 552 g/mol. The van der Waals surface area contributed by atoms with Crippen molar-refractivity contribution in [2.75, 3.05) is 24.7 Å². The summed E-state index contributed by atoms with van der Waals surface area (Å²) in [4.78, 5) is 36.5. The third-order valence-electron chi connectivity index (χ3n) is 7.16. The molecule has 0 aliphatic carbocycles. The van der Waals surface area contributed by atoms with E-state index in [9.17, 15) is 9.59 Å². The van der Waals surface area contributed by atoms with E-state index in [1.54, 1.807) is 61.9 Å². The topological polar surface area (TPSA) is 93.4 Å². The zero-order chi connectivity index (χ0) is 29.3. The summed E-state index contributed by atoms with van der Waals surface area (Å²) in [6.07, 6.45) is 4.25. The highest BCUT2D eigenvalue weighted by Crippen LogP contribution is 2.32. The number of nitrogens with one attached hydrogen (secondary N) is 3. The van der Waals surface area contributed by atoms with Gasteiger partial charge in [-0.25, -0.2) is 9.37 Å². The highest BCUT2D eigenvalue weighted by atomic mass is 19.1. The normalized spacial score (nSPS) is 15.5. The number of likely N-dealkylation sites (N-methyl/N-ethyl adjacent to an activating group) is 2. The molecule has 0 saturated heterocycles. The molecule has 3 aromatic carbocycles. The van der Waals surface area contributed by atoms with Gasteiger partial charge in [-0.3, -0.25) is 9.59 Å². The Bertz CT molecular complexity index is 1590. The number of H-pyrrole nitrogens is 1. The standard InChI is InChI=1S/C32H33FN6O2/c1-32(2,3)22-13-9-21(10-14-22)30(40)37-25-8-6-7-24(27(25)33)26-19-38(4)31(41)29(39(26)5)36-23-15-11-20(12-16-23)28-34-17-18-35-28/h6-19,29,36H,1-5H3,(H,34,35)(H,37,40). The maximum Gasteiger partial charge on any atom is 0.269 e. The van der Waals surface area contributed by atoms with Crippen LogP contribution in [-0.2, 0) is 10.2 Å². The molecule has 1 unspecified atom stereocenters. The number of anilines is 2. The van der Waals surface area contributed by atoms with Gasteiger partial charge in [0.15, 0.2) is 12.0 Å². The molecule has 8 nitrogen and oxygen atoms in total. The van der Waals surface area contributed by atoms with Crippen LogP contribution in [0.4, 0.5) is 15.8 Å². The van der Waals surface area contributed by atoms with E-state index in [2.05, 4.69) is 41.4 Å². The molecule has 0 bridgehead atoms. The Balaban J connectivity index is 1.36. The number of amides is 2. The van der Waals surface area contributed by atoms with Crippen LogP contribution in [0.2, 0.25) is 0 Å². The van der Waals surface area contributed by atoms with Crippen LogP contribution in [0, 0.1) is 5.82 Å². The second-order valence-corrected chi connectivity index (χ2v) is 11.1. The van der Waals surface area contributed by atoms with Crippen molar-refractivity contribution in [3.8, 4) is 11.4 Å². The number of aromatic amines is 1. The van der Waals surface area contributed by atoms with Crippen LogP contribution >= 0.6 is 0 Å². The molecule has 5 rings (SSSR count). The molecule has 9 heteroatoms. The van der Waals surface area contributed by atoms with Crippen molar-refractivity contribution in [3.05, 3.63) is 108 Å². The Kier molecular flexibility index (Phi) is 7.36. The molecule has 0 saturated carbocycles. The second kappa shape index (κ2) is 10.9. The summed E-state index contributed by atoms with van der Waals surface area (Å²) in [7, 11) is 3.36. The van der Waals surface area contributed by atoms with Crippen LogP contribution in [-0.4, -0.2) is 51.8 Å². The van der Waals surface area contributed by atoms with E-state index in [1.165, 1.54) is 11.0 Å². The largest absolute Gasteiger partial charge is 0.357 e. The van der Waals surface area contributed by atoms with E-state index in [0.717, 1.165) is 22.6 Å². The van der Waals surface area contributed by atoms with Crippen LogP contribution in [0.3, 0.4) is 0 Å². The first kappa shape index (κ1) is 27.6. The van der Waals surface area contributed by atoms with Crippen molar-refractivity contribution in [3.63, 3.8) is 0 Å². The average Bonchev–Trinajstić information content (AvgIpc) is 3.49. The summed E-state index contributed by atoms with van der Waals surface area (Å²) in [6.45, 7) is 6.30. The van der Waals surface area contributed by atoms with Crippen molar-refractivity contribution in [1.82, 2.24) is 19.8 Å². The Morgan fingerprint density at radius 1 is 1.00 bits per heavy atom. The van der Waals surface area contributed by atoms with E-state index in [0.29, 0.717) is 11.3 Å². The van der Waals surface area contributed by atoms with Crippen LogP contribution < -0.4 is 10.6 Å². The fourth-order valence-corrected chi connectivity index (χ4v) is 4.70. The maximum atomic E-state index is 15.9. The van der Waals surface area contributed by atoms with Gasteiger partial charge in [-0.15, -0.1) is 0 Å². The quantitative estimate of drug-likeness (QED) is 0.277. The van der Waals surface area contributed by atoms with Gasteiger partial charge in [0, 0.05) is 55.1 Å². The molecular formula is C32H33FN6O2. The molecule has 41 heavy (non-hydrogen) atoms. The predicted molar refractivity (Wildman–Crippen MR) is 159 cm³/mol. The number of hydrogen-bond acceptors (Lipinski definition) is 5. The summed E-state index contributed by atoms with van der Waals surface area (Å²) in [5, 5.41) is 5.96. The van der Waals surface area contributed by atoms with Crippen LogP contribution in [0.5, 0.6) is 0 Å². The first-order valence-electron chi connectivity index (χ1n) is 13.3. The van der Waals surface area contributed by atoms with Gasteiger partial charge in [0.2, 0.25) is 0 Å². The molecule has 2 amide bonds. The highest BCUT2D eigenvalue weighted by molar-refractivity contribution is 6.04. The number of rotatable bonds is 6. The van der Waals surface area contributed by atoms with Gasteiger partial charge in [-0.05, 0) is 59.5 Å². The van der Waals surface area contributed by atoms with Crippen molar-refractivity contribution >= 4 is 28.9 Å². The number of aromatic nitrogens is 2. The number of benzene rings is 3. The summed E-state index contributed by atoms with van der Waals surface area (Å²) >= 11 is 0. The Labute approximate surface area is 238 Å². The van der Waals surface area contributed by atoms with Crippen LogP contribution in [0.25, 0.3) is 17.1 Å². The minimum absolute atomic E-state index is 0.0418. The summed E-state index contributed by atoms with van der Waals surface area (Å²) in [5.74, 6) is -0.446. The lowest BCUT2D eigenvalue weighted by Gasteiger charge is -2.38. The number of halogens is 1. The molecule has 1 atom stereocenters. The number of nitrogens with zero attached hydrogens (tertiary/aromatic N) is 3. The number of hydrogen-bond donors (Lipinski definition) is 3. The minimum Gasteiger partial charge on any atom is -0.357 e. The van der Waals surface area contributed by atoms with Crippen molar-refractivity contribution < 1.29 is 14.0 Å². The summed E-state index contributed by atoms with van der Waals surface area (Å²) < 4.78 is 15.9. The SMILES string of the molecule is CN1C=C(c2cccc(NC(=O)c3ccc(C(C)(C)C)cc3)c2F)N(C)C(Nc2ccc(-c3ncc[nH]3)cc2)C1=O. The van der Waals surface area contributed by atoms with Crippen LogP contribution in [0.15, 0.2) is 85.3 Å². The summed E-state index contributed by atoms with van der Waals surface area (Å²) in [5.41, 5.74) is 3.92. The molecule has 210 valence electrons. The van der Waals surface area contributed by atoms with E-state index in [1.807, 2.05) is 36.4 Å². The van der Waals surface area contributed by atoms with Gasteiger partial charge in [0.25, 0.3) is 11.8 Å². The fraction of sp³-hybridized carbons (Fsp3) is 0.219. The van der Waals surface area contributed by atoms with Crippen LogP contribution in [0.1, 0.15) is 42.3 Å². The molecule has 0 fully saturated rings. The smallest absolute Gasteiger partial charge is 0.269 e. The summed E-state index contributed by atoms with van der Waals surface area (Å²) in [6, 6.07) is 19.7. The van der Waals surface area contributed by atoms with Crippen molar-refractivity contribution in [1.29, 1.82) is 0 Å². The Morgan fingerprint density at radius 3 is 2.34 bits per heavy atom. The average molecular weight is 553 g/mol. The molecule has 0 radical (unpaired) electrons. The molecule has 4 aromatic rings. The molecule has 1 aromatic heterocycles. The van der Waals surface area contributed by atoms with Gasteiger partial charge in [0.05, 0.1) is 11.4 Å². The Morgan fingerprint density at radius 2 is 1.71 bits per heavy atom. The second-order valence-electron chi connectivity index (χ2n) is 11.1. The number of imidazole rings is 1. The number of carbonyl (C=O) groups is 2. The van der Waals surface area contributed by atoms with E-state index in [4.69, 9.17) is 0 Å². The molecule has 0 spiro atoms. The minimum atomic E-state index is -0.784. The Hall–Kier alpha value is -4.92. The zero-order valence-electron chi connectivity index (χ0n) is 23.7. The fourth-order valence-electron chi connectivity index (χ4n) is 4.70.